The van der Waals surface area contributed by atoms with Gasteiger partial charge in [0.2, 0.25) is 5.95 Å². The molecule has 4 rings (SSSR count). The number of anilines is 2. The Morgan fingerprint density at radius 2 is 1.81 bits per heavy atom. The molecule has 6 nitrogen and oxygen atoms in total. The molecule has 136 valence electrons. The number of aryl methyl sites for hydroxylation is 1. The Morgan fingerprint density at radius 3 is 2.74 bits per heavy atom. The molecule has 0 spiro atoms. The second kappa shape index (κ2) is 7.86. The smallest absolute Gasteiger partial charge is 0.244 e. The van der Waals surface area contributed by atoms with Crippen LogP contribution in [0.25, 0.3) is 10.9 Å². The van der Waals surface area contributed by atoms with Crippen molar-refractivity contribution in [1.29, 1.82) is 0 Å². The fraction of sp³-hybridized carbons (Fsp3) is 0.190. The fourth-order valence-corrected chi connectivity index (χ4v) is 3.11. The molecule has 6 heteroatoms. The highest BCUT2D eigenvalue weighted by Crippen LogP contribution is 2.18. The van der Waals surface area contributed by atoms with E-state index in [4.69, 9.17) is 0 Å². The number of aromatic nitrogens is 4. The quantitative estimate of drug-likeness (QED) is 0.466. The molecule has 0 amide bonds. The molecule has 0 aliphatic rings. The van der Waals surface area contributed by atoms with Crippen LogP contribution in [0.5, 0.6) is 0 Å². The summed E-state index contributed by atoms with van der Waals surface area (Å²) in [5.74, 6) is 1.24. The van der Waals surface area contributed by atoms with Crippen molar-refractivity contribution in [2.45, 2.75) is 19.9 Å². The number of H-pyrrole nitrogens is 1. The summed E-state index contributed by atoms with van der Waals surface area (Å²) in [6.45, 7) is 3.55. The average Bonchev–Trinajstić information content (AvgIpc) is 3.11. The zero-order valence-electron chi connectivity index (χ0n) is 15.2. The third-order valence-electron chi connectivity index (χ3n) is 4.63. The summed E-state index contributed by atoms with van der Waals surface area (Å²) in [6, 6.07) is 16.6. The predicted octanol–water partition coefficient (Wildman–Crippen LogP) is 3.93. The molecule has 3 N–H and O–H groups in total. The number of hydrogen-bond acceptors (Lipinski definition) is 5. The summed E-state index contributed by atoms with van der Waals surface area (Å²) < 4.78 is 0. The molecule has 0 radical (unpaired) electrons. The molecule has 4 aromatic rings. The molecule has 0 bridgehead atoms. The summed E-state index contributed by atoms with van der Waals surface area (Å²) in [5, 5.41) is 15.9. The van der Waals surface area contributed by atoms with Crippen molar-refractivity contribution in [3.05, 3.63) is 77.6 Å². The van der Waals surface area contributed by atoms with Crippen molar-refractivity contribution in [2.75, 3.05) is 17.2 Å². The van der Waals surface area contributed by atoms with Crippen LogP contribution in [0.2, 0.25) is 0 Å². The highest BCUT2D eigenvalue weighted by Gasteiger charge is 2.05. The first-order valence-corrected chi connectivity index (χ1v) is 9.06. The average molecular weight is 358 g/mol. The van der Waals surface area contributed by atoms with Gasteiger partial charge in [0.05, 0.1) is 6.20 Å². The van der Waals surface area contributed by atoms with Crippen LogP contribution in [0.4, 0.5) is 11.8 Å². The molecular weight excluding hydrogens is 336 g/mol. The monoisotopic (exact) mass is 358 g/mol. The van der Waals surface area contributed by atoms with E-state index in [0.29, 0.717) is 18.3 Å². The van der Waals surface area contributed by atoms with Gasteiger partial charge >= 0.3 is 0 Å². The van der Waals surface area contributed by atoms with E-state index in [2.05, 4.69) is 74.3 Å². The molecule has 2 aromatic carbocycles. The SMILES string of the molecule is Cc1ccccc1CNc1cnnc(NCCc2c[nH]c3ccccc23)n1. The Bertz CT molecular complexity index is 1040. The van der Waals surface area contributed by atoms with E-state index in [-0.39, 0.29) is 0 Å². The van der Waals surface area contributed by atoms with Crippen LogP contribution in [0.1, 0.15) is 16.7 Å². The maximum absolute atomic E-state index is 4.50. The van der Waals surface area contributed by atoms with Crippen molar-refractivity contribution in [3.8, 4) is 0 Å². The number of nitrogens with one attached hydrogen (secondary N) is 3. The summed E-state index contributed by atoms with van der Waals surface area (Å²) in [7, 11) is 0. The second-order valence-electron chi connectivity index (χ2n) is 6.48. The van der Waals surface area contributed by atoms with Crippen LogP contribution < -0.4 is 10.6 Å². The largest absolute Gasteiger partial charge is 0.365 e. The second-order valence-corrected chi connectivity index (χ2v) is 6.48. The van der Waals surface area contributed by atoms with Crippen molar-refractivity contribution >= 4 is 22.7 Å². The lowest BCUT2D eigenvalue weighted by Crippen LogP contribution is -2.10. The lowest BCUT2D eigenvalue weighted by Gasteiger charge is -2.09. The van der Waals surface area contributed by atoms with Gasteiger partial charge in [0.15, 0.2) is 5.82 Å². The number of para-hydroxylation sites is 1. The van der Waals surface area contributed by atoms with E-state index < -0.39 is 0 Å². The van der Waals surface area contributed by atoms with E-state index >= 15 is 0 Å². The predicted molar refractivity (Wildman–Crippen MR) is 109 cm³/mol. The molecule has 0 fully saturated rings. The Hall–Kier alpha value is -3.41. The van der Waals surface area contributed by atoms with Crippen molar-refractivity contribution < 1.29 is 0 Å². The van der Waals surface area contributed by atoms with Gasteiger partial charge in [0, 0.05) is 30.2 Å². The zero-order valence-corrected chi connectivity index (χ0v) is 15.2. The minimum atomic E-state index is 0.532. The number of hydrogen-bond donors (Lipinski definition) is 3. The topological polar surface area (TPSA) is 78.5 Å². The van der Waals surface area contributed by atoms with Gasteiger partial charge in [0.1, 0.15) is 0 Å². The molecule has 0 saturated heterocycles. The molecule has 0 saturated carbocycles. The molecular formula is C21H22N6. The number of fused-ring (bicyclic) bond motifs is 1. The van der Waals surface area contributed by atoms with Gasteiger partial charge in [-0.3, -0.25) is 0 Å². The van der Waals surface area contributed by atoms with Gasteiger partial charge in [-0.05, 0) is 36.1 Å². The lowest BCUT2D eigenvalue weighted by molar-refractivity contribution is 0.922. The van der Waals surface area contributed by atoms with Gasteiger partial charge in [-0.1, -0.05) is 42.5 Å². The zero-order chi connectivity index (χ0) is 18.5. The molecule has 2 heterocycles. The molecule has 0 atom stereocenters. The molecule has 0 aliphatic carbocycles. The van der Waals surface area contributed by atoms with Crippen LogP contribution in [-0.2, 0) is 13.0 Å². The Labute approximate surface area is 158 Å². The van der Waals surface area contributed by atoms with E-state index in [1.165, 1.54) is 22.1 Å². The normalized spacial score (nSPS) is 10.9. The van der Waals surface area contributed by atoms with Crippen LogP contribution in [0, 0.1) is 6.92 Å². The number of rotatable bonds is 7. The van der Waals surface area contributed by atoms with Crippen LogP contribution >= 0.6 is 0 Å². The van der Waals surface area contributed by atoms with E-state index in [9.17, 15) is 0 Å². The van der Waals surface area contributed by atoms with E-state index in [1.807, 2.05) is 18.2 Å². The van der Waals surface area contributed by atoms with Gasteiger partial charge in [-0.15, -0.1) is 5.10 Å². The first kappa shape index (κ1) is 17.0. The van der Waals surface area contributed by atoms with Gasteiger partial charge in [-0.25, -0.2) is 0 Å². The number of aromatic amines is 1. The summed E-state index contributed by atoms with van der Waals surface area (Å²) in [5.41, 5.74) is 4.93. The van der Waals surface area contributed by atoms with Gasteiger partial charge in [0.25, 0.3) is 0 Å². The summed E-state index contributed by atoms with van der Waals surface area (Å²) in [6.07, 6.45) is 4.59. The van der Waals surface area contributed by atoms with E-state index in [0.717, 1.165) is 18.5 Å². The highest BCUT2D eigenvalue weighted by molar-refractivity contribution is 5.83. The molecule has 0 aliphatic heterocycles. The van der Waals surface area contributed by atoms with Crippen molar-refractivity contribution in [2.24, 2.45) is 0 Å². The van der Waals surface area contributed by atoms with Crippen molar-refractivity contribution in [3.63, 3.8) is 0 Å². The van der Waals surface area contributed by atoms with Gasteiger partial charge < -0.3 is 15.6 Å². The standard InChI is InChI=1S/C21H22N6/c1-15-6-2-3-7-16(15)12-24-20-14-25-27-21(26-20)22-11-10-17-13-23-19-9-5-4-8-18(17)19/h2-9,13-14,23H,10-12H2,1H3,(H2,22,24,26,27). The molecule has 27 heavy (non-hydrogen) atoms. The first-order valence-electron chi connectivity index (χ1n) is 9.06. The lowest BCUT2D eigenvalue weighted by atomic mass is 10.1. The maximum Gasteiger partial charge on any atom is 0.244 e. The van der Waals surface area contributed by atoms with E-state index in [1.54, 1.807) is 6.20 Å². The highest BCUT2D eigenvalue weighted by atomic mass is 15.3. The maximum atomic E-state index is 4.50. The third-order valence-corrected chi connectivity index (χ3v) is 4.63. The van der Waals surface area contributed by atoms with Gasteiger partial charge in [-0.2, -0.15) is 10.1 Å². The summed E-state index contributed by atoms with van der Waals surface area (Å²) in [4.78, 5) is 7.80. The van der Waals surface area contributed by atoms with Crippen molar-refractivity contribution in [1.82, 2.24) is 20.2 Å². The Balaban J connectivity index is 1.34. The number of benzene rings is 2. The fourth-order valence-electron chi connectivity index (χ4n) is 3.11. The van der Waals surface area contributed by atoms with Crippen LogP contribution in [0.15, 0.2) is 60.9 Å². The van der Waals surface area contributed by atoms with Crippen LogP contribution in [0.3, 0.4) is 0 Å². The molecule has 2 aromatic heterocycles. The minimum absolute atomic E-state index is 0.532. The first-order chi connectivity index (χ1) is 13.3. The summed E-state index contributed by atoms with van der Waals surface area (Å²) >= 11 is 0. The Kier molecular flexibility index (Phi) is 4.96. The third kappa shape index (κ3) is 4.06. The van der Waals surface area contributed by atoms with Crippen LogP contribution in [-0.4, -0.2) is 26.7 Å². The minimum Gasteiger partial charge on any atom is -0.365 e. The Morgan fingerprint density at radius 1 is 0.963 bits per heavy atom. The number of nitrogens with zero attached hydrogens (tertiary/aromatic N) is 3. The molecule has 0 unspecified atom stereocenters.